The maximum Gasteiger partial charge on any atom is 0.290 e. The van der Waals surface area contributed by atoms with E-state index in [1.807, 2.05) is 26.0 Å². The van der Waals surface area contributed by atoms with Crippen LogP contribution in [0.5, 0.6) is 0 Å². The number of hydrogen-bond donors (Lipinski definition) is 0. The zero-order chi connectivity index (χ0) is 19.7. The Labute approximate surface area is 162 Å². The number of carbonyl (C=O) groups is 1. The van der Waals surface area contributed by atoms with Crippen molar-refractivity contribution in [2.45, 2.75) is 39.3 Å². The maximum absolute atomic E-state index is 13.2. The SMILES string of the molecule is Cc1cc(C)c2c(=O)cc(C(=O)N(Cc3ccco3)CC3CCCO3)oc2c1. The van der Waals surface area contributed by atoms with Crippen LogP contribution in [0.4, 0.5) is 0 Å². The van der Waals surface area contributed by atoms with Gasteiger partial charge in [0.05, 0.1) is 24.3 Å². The summed E-state index contributed by atoms with van der Waals surface area (Å²) in [4.78, 5) is 27.5. The van der Waals surface area contributed by atoms with Crippen LogP contribution in [0, 0.1) is 13.8 Å². The van der Waals surface area contributed by atoms with E-state index in [0.29, 0.717) is 36.4 Å². The lowest BCUT2D eigenvalue weighted by Gasteiger charge is -2.24. The first-order chi connectivity index (χ1) is 13.5. The molecule has 0 spiro atoms. The van der Waals surface area contributed by atoms with Gasteiger partial charge < -0.3 is 18.5 Å². The average Bonchev–Trinajstić information content (AvgIpc) is 3.33. The van der Waals surface area contributed by atoms with E-state index < -0.39 is 0 Å². The first kappa shape index (κ1) is 18.5. The van der Waals surface area contributed by atoms with E-state index in [4.69, 9.17) is 13.6 Å². The van der Waals surface area contributed by atoms with Crippen LogP contribution in [0.25, 0.3) is 11.0 Å². The van der Waals surface area contributed by atoms with E-state index in [9.17, 15) is 9.59 Å². The summed E-state index contributed by atoms with van der Waals surface area (Å²) in [7, 11) is 0. The zero-order valence-corrected chi connectivity index (χ0v) is 16.1. The third-order valence-corrected chi connectivity index (χ3v) is 5.04. The van der Waals surface area contributed by atoms with Crippen LogP contribution in [0.3, 0.4) is 0 Å². The molecule has 28 heavy (non-hydrogen) atoms. The number of carbonyl (C=O) groups excluding carboxylic acids is 1. The zero-order valence-electron chi connectivity index (χ0n) is 16.1. The van der Waals surface area contributed by atoms with E-state index in [1.165, 1.54) is 6.07 Å². The van der Waals surface area contributed by atoms with Gasteiger partial charge in [-0.3, -0.25) is 9.59 Å². The summed E-state index contributed by atoms with van der Waals surface area (Å²) in [5.74, 6) is 0.360. The molecule has 146 valence electrons. The fourth-order valence-corrected chi connectivity index (χ4v) is 3.77. The van der Waals surface area contributed by atoms with Crippen molar-refractivity contribution in [1.29, 1.82) is 0 Å². The van der Waals surface area contributed by atoms with Gasteiger partial charge in [-0.15, -0.1) is 0 Å². The predicted molar refractivity (Wildman–Crippen MR) is 104 cm³/mol. The Morgan fingerprint density at radius 3 is 2.82 bits per heavy atom. The highest BCUT2D eigenvalue weighted by Gasteiger charge is 2.26. The molecule has 3 heterocycles. The highest BCUT2D eigenvalue weighted by molar-refractivity contribution is 5.93. The van der Waals surface area contributed by atoms with Gasteiger partial charge in [-0.25, -0.2) is 0 Å². The van der Waals surface area contributed by atoms with Gasteiger partial charge in [0.25, 0.3) is 5.91 Å². The molecule has 1 aliphatic rings. The molecule has 2 aromatic heterocycles. The highest BCUT2D eigenvalue weighted by atomic mass is 16.5. The number of hydrogen-bond acceptors (Lipinski definition) is 5. The van der Waals surface area contributed by atoms with E-state index in [2.05, 4.69) is 0 Å². The third-order valence-electron chi connectivity index (χ3n) is 5.04. The molecule has 1 amide bonds. The number of amides is 1. The molecular formula is C22H23NO5. The largest absolute Gasteiger partial charge is 0.467 e. The standard InChI is InChI=1S/C22H23NO5/c1-14-9-15(2)21-18(24)11-20(28-19(21)10-14)22(25)23(12-16-5-3-7-26-16)13-17-6-4-8-27-17/h3,5,7,9-11,17H,4,6,8,12-13H2,1-2H3. The van der Waals surface area contributed by atoms with Gasteiger partial charge in [0, 0.05) is 19.2 Å². The molecule has 0 N–H and O–H groups in total. The molecule has 0 aliphatic carbocycles. The minimum absolute atomic E-state index is 0.0180. The van der Waals surface area contributed by atoms with Gasteiger partial charge in [-0.1, -0.05) is 6.07 Å². The Bertz CT molecular complexity index is 1040. The summed E-state index contributed by atoms with van der Waals surface area (Å²) >= 11 is 0. The average molecular weight is 381 g/mol. The van der Waals surface area contributed by atoms with Gasteiger partial charge in [-0.2, -0.15) is 0 Å². The molecule has 0 radical (unpaired) electrons. The van der Waals surface area contributed by atoms with Gasteiger partial charge in [0.2, 0.25) is 0 Å². The first-order valence-corrected chi connectivity index (χ1v) is 9.49. The van der Waals surface area contributed by atoms with Crippen LogP contribution < -0.4 is 5.43 Å². The first-order valence-electron chi connectivity index (χ1n) is 9.49. The van der Waals surface area contributed by atoms with E-state index in [0.717, 1.165) is 24.0 Å². The quantitative estimate of drug-likeness (QED) is 0.672. The van der Waals surface area contributed by atoms with Crippen LogP contribution in [0.1, 0.15) is 40.3 Å². The highest BCUT2D eigenvalue weighted by Crippen LogP contribution is 2.21. The van der Waals surface area contributed by atoms with Crippen molar-refractivity contribution in [2.24, 2.45) is 0 Å². The number of nitrogens with zero attached hydrogens (tertiary/aromatic N) is 1. The monoisotopic (exact) mass is 381 g/mol. The molecule has 3 aromatic rings. The maximum atomic E-state index is 13.2. The fourth-order valence-electron chi connectivity index (χ4n) is 3.77. The van der Waals surface area contributed by atoms with E-state index in [1.54, 1.807) is 23.3 Å². The van der Waals surface area contributed by atoms with Gasteiger partial charge in [0.15, 0.2) is 11.2 Å². The molecule has 0 bridgehead atoms. The van der Waals surface area contributed by atoms with Crippen LogP contribution in [0.15, 0.2) is 50.2 Å². The van der Waals surface area contributed by atoms with E-state index >= 15 is 0 Å². The Balaban J connectivity index is 1.69. The Hall–Kier alpha value is -2.86. The molecule has 0 saturated carbocycles. The lowest BCUT2D eigenvalue weighted by Crippen LogP contribution is -2.37. The summed E-state index contributed by atoms with van der Waals surface area (Å²) < 4.78 is 17.0. The minimum Gasteiger partial charge on any atom is -0.467 e. The summed E-state index contributed by atoms with van der Waals surface area (Å²) in [5, 5.41) is 0.513. The summed E-state index contributed by atoms with van der Waals surface area (Å²) in [6.45, 7) is 5.22. The van der Waals surface area contributed by atoms with Gasteiger partial charge in [0.1, 0.15) is 11.3 Å². The van der Waals surface area contributed by atoms with Crippen molar-refractivity contribution >= 4 is 16.9 Å². The molecule has 1 unspecified atom stereocenters. The summed E-state index contributed by atoms with van der Waals surface area (Å²) in [6.07, 6.45) is 3.45. The normalized spacial score (nSPS) is 16.6. The van der Waals surface area contributed by atoms with Crippen LogP contribution >= 0.6 is 0 Å². The van der Waals surface area contributed by atoms with Crippen molar-refractivity contribution in [3.05, 3.63) is 69.5 Å². The molecule has 1 aromatic carbocycles. The molecule has 1 atom stereocenters. The molecule has 1 aliphatic heterocycles. The molecular weight excluding hydrogens is 358 g/mol. The van der Waals surface area contributed by atoms with Crippen LogP contribution in [-0.4, -0.2) is 30.1 Å². The smallest absolute Gasteiger partial charge is 0.290 e. The second-order valence-corrected chi connectivity index (χ2v) is 7.33. The van der Waals surface area contributed by atoms with E-state index in [-0.39, 0.29) is 23.2 Å². The number of rotatable bonds is 5. The van der Waals surface area contributed by atoms with Crippen molar-refractivity contribution < 1.29 is 18.4 Å². The Morgan fingerprint density at radius 2 is 2.11 bits per heavy atom. The fraction of sp³-hybridized carbons (Fsp3) is 0.364. The predicted octanol–water partition coefficient (Wildman–Crippen LogP) is 3.82. The Morgan fingerprint density at radius 1 is 1.25 bits per heavy atom. The molecule has 1 fully saturated rings. The number of fused-ring (bicyclic) bond motifs is 1. The van der Waals surface area contributed by atoms with Crippen molar-refractivity contribution in [2.75, 3.05) is 13.2 Å². The lowest BCUT2D eigenvalue weighted by atomic mass is 10.1. The molecule has 6 heteroatoms. The second-order valence-electron chi connectivity index (χ2n) is 7.33. The van der Waals surface area contributed by atoms with Crippen LogP contribution in [-0.2, 0) is 11.3 Å². The minimum atomic E-state index is -0.343. The van der Waals surface area contributed by atoms with Crippen molar-refractivity contribution in [3.8, 4) is 0 Å². The van der Waals surface area contributed by atoms with Gasteiger partial charge in [-0.05, 0) is 56.0 Å². The van der Waals surface area contributed by atoms with Crippen molar-refractivity contribution in [3.63, 3.8) is 0 Å². The van der Waals surface area contributed by atoms with Crippen LogP contribution in [0.2, 0.25) is 0 Å². The summed E-state index contributed by atoms with van der Waals surface area (Å²) in [6, 6.07) is 8.61. The second kappa shape index (κ2) is 7.64. The van der Waals surface area contributed by atoms with Gasteiger partial charge >= 0.3 is 0 Å². The number of benzene rings is 1. The summed E-state index contributed by atoms with van der Waals surface area (Å²) in [5.41, 5.74) is 2.04. The number of ether oxygens (including phenoxy) is 1. The number of furan rings is 1. The lowest BCUT2D eigenvalue weighted by molar-refractivity contribution is 0.0468. The molecule has 6 nitrogen and oxygen atoms in total. The topological polar surface area (TPSA) is 72.9 Å². The number of aryl methyl sites for hydroxylation is 2. The Kier molecular flexibility index (Phi) is 5.05. The van der Waals surface area contributed by atoms with Crippen molar-refractivity contribution in [1.82, 2.24) is 4.90 Å². The molecule has 4 rings (SSSR count). The third kappa shape index (κ3) is 3.73. The molecule has 1 saturated heterocycles.